The lowest BCUT2D eigenvalue weighted by Gasteiger charge is -2.21. The molecular weight excluding hydrogens is 180 g/mol. The summed E-state index contributed by atoms with van der Waals surface area (Å²) < 4.78 is 34.3. The molecule has 0 bridgehead atoms. The molecular formula is C7H14O4S. The molecule has 0 aliphatic heterocycles. The average Bonchev–Trinajstić information content (AvgIpc) is 1.78. The highest BCUT2D eigenvalue weighted by Gasteiger charge is 2.25. The molecule has 0 saturated carbocycles. The summed E-state index contributed by atoms with van der Waals surface area (Å²) in [5.41, 5.74) is -0.595. The van der Waals surface area contributed by atoms with Crippen LogP contribution in [0.2, 0.25) is 0 Å². The van der Waals surface area contributed by atoms with Crippen molar-refractivity contribution in [3.05, 3.63) is 12.8 Å². The Balaban J connectivity index is 4.13. The molecule has 0 aromatic rings. The molecule has 0 amide bonds. The van der Waals surface area contributed by atoms with Crippen LogP contribution in [-0.2, 0) is 14.9 Å². The second kappa shape index (κ2) is 3.91. The fourth-order valence-electron chi connectivity index (χ4n) is 0.820. The number of ether oxygens (including phenoxy) is 1. The minimum Gasteiger partial charge on any atom is -0.501 e. The molecule has 0 atom stereocenters. The zero-order valence-electron chi connectivity index (χ0n) is 7.28. The number of hydrogen-bond acceptors (Lipinski definition) is 3. The molecule has 0 aliphatic carbocycles. The fourth-order valence-corrected chi connectivity index (χ4v) is 1.89. The molecule has 1 N–H and O–H groups in total. The van der Waals surface area contributed by atoms with Gasteiger partial charge >= 0.3 is 0 Å². The molecule has 0 unspecified atom stereocenters. The van der Waals surface area contributed by atoms with Gasteiger partial charge in [0.15, 0.2) is 0 Å². The number of rotatable bonds is 5. The molecule has 0 aliphatic rings. The van der Waals surface area contributed by atoms with E-state index >= 15 is 0 Å². The van der Waals surface area contributed by atoms with Crippen molar-refractivity contribution in [1.82, 2.24) is 0 Å². The summed E-state index contributed by atoms with van der Waals surface area (Å²) in [5, 5.41) is 0. The maximum atomic E-state index is 10.5. The summed E-state index contributed by atoms with van der Waals surface area (Å²) in [4.78, 5) is 0. The maximum absolute atomic E-state index is 10.5. The van der Waals surface area contributed by atoms with Crippen molar-refractivity contribution in [1.29, 1.82) is 0 Å². The van der Waals surface area contributed by atoms with E-state index in [0.717, 1.165) is 0 Å². The summed E-state index contributed by atoms with van der Waals surface area (Å²) in [5.74, 6) is -0.312. The smallest absolute Gasteiger partial charge is 0.265 e. The normalized spacial score (nSPS) is 12.6. The van der Waals surface area contributed by atoms with Crippen LogP contribution in [0.25, 0.3) is 0 Å². The van der Waals surface area contributed by atoms with Gasteiger partial charge < -0.3 is 4.74 Å². The van der Waals surface area contributed by atoms with Crippen LogP contribution in [0.5, 0.6) is 0 Å². The maximum Gasteiger partial charge on any atom is 0.265 e. The molecule has 72 valence electrons. The Hall–Kier alpha value is -0.550. The Morgan fingerprint density at radius 3 is 2.42 bits per heavy atom. The molecule has 0 radical (unpaired) electrons. The third kappa shape index (κ3) is 6.18. The van der Waals surface area contributed by atoms with Crippen molar-refractivity contribution in [2.45, 2.75) is 13.8 Å². The molecule has 0 fully saturated rings. The van der Waals surface area contributed by atoms with Crippen molar-refractivity contribution in [3.8, 4) is 0 Å². The zero-order valence-corrected chi connectivity index (χ0v) is 8.10. The lowest BCUT2D eigenvalue weighted by Crippen LogP contribution is -2.27. The minimum atomic E-state index is -3.93. The Morgan fingerprint density at radius 1 is 1.58 bits per heavy atom. The van der Waals surface area contributed by atoms with Crippen LogP contribution < -0.4 is 0 Å². The average molecular weight is 194 g/mol. The van der Waals surface area contributed by atoms with Crippen molar-refractivity contribution in [2.24, 2.45) is 5.41 Å². The first-order valence-electron chi connectivity index (χ1n) is 3.44. The Kier molecular flexibility index (Phi) is 3.73. The van der Waals surface area contributed by atoms with Crippen LogP contribution in [0.3, 0.4) is 0 Å². The van der Waals surface area contributed by atoms with Crippen LogP contribution in [-0.4, -0.2) is 25.3 Å². The van der Waals surface area contributed by atoms with Gasteiger partial charge in [-0.1, -0.05) is 20.4 Å². The predicted molar refractivity (Wildman–Crippen MR) is 46.3 cm³/mol. The highest BCUT2D eigenvalue weighted by atomic mass is 32.2. The first-order chi connectivity index (χ1) is 5.27. The van der Waals surface area contributed by atoms with Gasteiger partial charge in [-0.15, -0.1) is 0 Å². The van der Waals surface area contributed by atoms with Gasteiger partial charge in [0.05, 0.1) is 18.6 Å². The fraction of sp³-hybridized carbons (Fsp3) is 0.714. The summed E-state index contributed by atoms with van der Waals surface area (Å²) >= 11 is 0. The van der Waals surface area contributed by atoms with E-state index in [9.17, 15) is 8.42 Å². The van der Waals surface area contributed by atoms with Crippen molar-refractivity contribution < 1.29 is 17.7 Å². The largest absolute Gasteiger partial charge is 0.501 e. The van der Waals surface area contributed by atoms with Gasteiger partial charge in [-0.05, 0) is 0 Å². The van der Waals surface area contributed by atoms with Gasteiger partial charge in [0.2, 0.25) is 0 Å². The third-order valence-corrected chi connectivity index (χ3v) is 2.31. The Bertz CT molecular complexity index is 240. The minimum absolute atomic E-state index is 0.219. The van der Waals surface area contributed by atoms with E-state index in [1.807, 2.05) is 0 Å². The summed E-state index contributed by atoms with van der Waals surface area (Å²) in [6.07, 6.45) is 1.24. The molecule has 0 rings (SSSR count). The molecule has 5 heteroatoms. The summed E-state index contributed by atoms with van der Waals surface area (Å²) in [6.45, 7) is 6.91. The molecule has 12 heavy (non-hydrogen) atoms. The Labute approximate surface area is 73.0 Å². The lowest BCUT2D eigenvalue weighted by atomic mass is 9.98. The van der Waals surface area contributed by atoms with Gasteiger partial charge in [0.1, 0.15) is 0 Å². The van der Waals surface area contributed by atoms with E-state index in [1.54, 1.807) is 13.8 Å². The van der Waals surface area contributed by atoms with Gasteiger partial charge in [-0.25, -0.2) is 0 Å². The highest BCUT2D eigenvalue weighted by molar-refractivity contribution is 7.85. The van der Waals surface area contributed by atoms with E-state index in [-0.39, 0.29) is 12.4 Å². The van der Waals surface area contributed by atoms with Crippen molar-refractivity contribution in [2.75, 3.05) is 12.4 Å². The molecule has 0 aromatic heterocycles. The van der Waals surface area contributed by atoms with Gasteiger partial charge in [0, 0.05) is 5.41 Å². The van der Waals surface area contributed by atoms with E-state index < -0.39 is 15.5 Å². The van der Waals surface area contributed by atoms with Gasteiger partial charge in [-0.2, -0.15) is 8.42 Å². The quantitative estimate of drug-likeness (QED) is 0.525. The standard InChI is InChI=1S/C7H14O4S/c1-4-11-5-7(2,3)6-12(8,9)10/h4H,1,5-6H2,2-3H3,(H,8,9,10). The second-order valence-electron chi connectivity index (χ2n) is 3.37. The highest BCUT2D eigenvalue weighted by Crippen LogP contribution is 2.17. The van der Waals surface area contributed by atoms with Gasteiger partial charge in [0.25, 0.3) is 10.1 Å². The van der Waals surface area contributed by atoms with Crippen molar-refractivity contribution >= 4 is 10.1 Å². The second-order valence-corrected chi connectivity index (χ2v) is 4.82. The molecule has 4 nitrogen and oxygen atoms in total. The first kappa shape index (κ1) is 11.4. The van der Waals surface area contributed by atoms with Crippen LogP contribution in [0, 0.1) is 5.41 Å². The van der Waals surface area contributed by atoms with Gasteiger partial charge in [-0.3, -0.25) is 4.55 Å². The van der Waals surface area contributed by atoms with Crippen LogP contribution in [0.1, 0.15) is 13.8 Å². The molecule has 0 aromatic carbocycles. The predicted octanol–water partition coefficient (Wildman–Crippen LogP) is 1.06. The summed E-state index contributed by atoms with van der Waals surface area (Å²) in [7, 11) is -3.93. The van der Waals surface area contributed by atoms with E-state index in [1.165, 1.54) is 6.26 Å². The zero-order chi connectivity index (χ0) is 9.83. The monoisotopic (exact) mass is 194 g/mol. The topological polar surface area (TPSA) is 63.6 Å². The summed E-state index contributed by atoms with van der Waals surface area (Å²) in [6, 6.07) is 0. The van der Waals surface area contributed by atoms with E-state index in [0.29, 0.717) is 0 Å². The first-order valence-corrected chi connectivity index (χ1v) is 5.05. The Morgan fingerprint density at radius 2 is 2.08 bits per heavy atom. The van der Waals surface area contributed by atoms with Crippen LogP contribution in [0.15, 0.2) is 12.8 Å². The third-order valence-electron chi connectivity index (χ3n) is 1.17. The van der Waals surface area contributed by atoms with Crippen molar-refractivity contribution in [3.63, 3.8) is 0 Å². The molecule has 0 heterocycles. The van der Waals surface area contributed by atoms with E-state index in [2.05, 4.69) is 6.58 Å². The van der Waals surface area contributed by atoms with Crippen LogP contribution >= 0.6 is 0 Å². The molecule has 0 spiro atoms. The van der Waals surface area contributed by atoms with E-state index in [4.69, 9.17) is 9.29 Å². The SMILES string of the molecule is C=COCC(C)(C)CS(=O)(=O)O. The lowest BCUT2D eigenvalue weighted by molar-refractivity contribution is 0.153. The molecule has 0 saturated heterocycles. The van der Waals surface area contributed by atoms with Crippen LogP contribution in [0.4, 0.5) is 0 Å². The number of hydrogen-bond donors (Lipinski definition) is 1.